The predicted octanol–water partition coefficient (Wildman–Crippen LogP) is 1.02. The fraction of sp³-hybridized carbons (Fsp3) is 0.500. The standard InChI is InChI=1S/C10H15N3O3/c1-12(13(15)16)7-3-5-10(14)9-4-2-6-11-8-9/h2,4,6,8,10,14H,3,5,7H2,1H3. The topological polar surface area (TPSA) is 79.5 Å². The minimum absolute atomic E-state index is 0.324. The summed E-state index contributed by atoms with van der Waals surface area (Å²) in [6.45, 7) is 0.324. The quantitative estimate of drug-likeness (QED) is 0.577. The van der Waals surface area contributed by atoms with Gasteiger partial charge in [0.25, 0.3) is 0 Å². The van der Waals surface area contributed by atoms with Crippen molar-refractivity contribution in [2.24, 2.45) is 0 Å². The molecular formula is C10H15N3O3. The average molecular weight is 225 g/mol. The van der Waals surface area contributed by atoms with E-state index in [9.17, 15) is 15.2 Å². The Balaban J connectivity index is 2.31. The van der Waals surface area contributed by atoms with Gasteiger partial charge in [-0.05, 0) is 24.5 Å². The van der Waals surface area contributed by atoms with Crippen LogP contribution in [0.15, 0.2) is 24.5 Å². The molecule has 6 heteroatoms. The number of aliphatic hydroxyl groups excluding tert-OH is 1. The van der Waals surface area contributed by atoms with Gasteiger partial charge in [0, 0.05) is 12.4 Å². The summed E-state index contributed by atoms with van der Waals surface area (Å²) in [5, 5.41) is 20.6. The van der Waals surface area contributed by atoms with Gasteiger partial charge in [-0.2, -0.15) is 0 Å². The number of nitrogens with zero attached hydrogens (tertiary/aromatic N) is 3. The molecule has 0 radical (unpaired) electrons. The maximum absolute atomic E-state index is 10.3. The molecule has 16 heavy (non-hydrogen) atoms. The van der Waals surface area contributed by atoms with Crippen LogP contribution in [0.25, 0.3) is 0 Å². The van der Waals surface area contributed by atoms with Gasteiger partial charge >= 0.3 is 0 Å². The molecule has 0 saturated carbocycles. The first-order chi connectivity index (χ1) is 7.61. The number of aliphatic hydroxyl groups is 1. The van der Waals surface area contributed by atoms with Gasteiger partial charge in [-0.3, -0.25) is 4.98 Å². The normalized spacial score (nSPS) is 12.1. The smallest absolute Gasteiger partial charge is 0.159 e. The number of pyridine rings is 1. The summed E-state index contributed by atoms with van der Waals surface area (Å²) in [7, 11) is 1.41. The molecule has 0 fully saturated rings. The largest absolute Gasteiger partial charge is 0.388 e. The van der Waals surface area contributed by atoms with E-state index in [1.807, 2.05) is 0 Å². The highest BCUT2D eigenvalue weighted by Crippen LogP contribution is 2.16. The van der Waals surface area contributed by atoms with Crippen molar-refractivity contribution < 1.29 is 10.1 Å². The van der Waals surface area contributed by atoms with Gasteiger partial charge in [0.2, 0.25) is 0 Å². The molecule has 0 aliphatic heterocycles. The van der Waals surface area contributed by atoms with Crippen LogP contribution in [0.2, 0.25) is 0 Å². The summed E-state index contributed by atoms with van der Waals surface area (Å²) in [6.07, 6.45) is 3.68. The number of nitro groups is 1. The van der Waals surface area contributed by atoms with Crippen molar-refractivity contribution in [3.63, 3.8) is 0 Å². The Bertz CT molecular complexity index is 331. The molecule has 1 heterocycles. The lowest BCUT2D eigenvalue weighted by Crippen LogP contribution is -2.26. The molecule has 0 aliphatic rings. The Morgan fingerprint density at radius 3 is 3.00 bits per heavy atom. The molecule has 0 saturated heterocycles. The molecule has 1 rings (SSSR count). The third-order valence-electron chi connectivity index (χ3n) is 2.31. The van der Waals surface area contributed by atoms with Gasteiger partial charge in [-0.1, -0.05) is 6.07 Å². The summed E-state index contributed by atoms with van der Waals surface area (Å²) < 4.78 is 0. The third kappa shape index (κ3) is 3.82. The molecule has 1 aromatic heterocycles. The SMILES string of the molecule is CN(CCCC(O)c1cccnc1)[N+](=O)[O-]. The third-order valence-corrected chi connectivity index (χ3v) is 2.31. The van der Waals surface area contributed by atoms with Gasteiger partial charge in [-0.15, -0.1) is 5.01 Å². The van der Waals surface area contributed by atoms with Crippen LogP contribution in [0.1, 0.15) is 24.5 Å². The summed E-state index contributed by atoms with van der Waals surface area (Å²) in [6, 6.07) is 3.54. The van der Waals surface area contributed by atoms with E-state index in [-0.39, 0.29) is 0 Å². The number of aromatic nitrogens is 1. The Morgan fingerprint density at radius 2 is 2.44 bits per heavy atom. The van der Waals surface area contributed by atoms with Gasteiger partial charge < -0.3 is 5.11 Å². The van der Waals surface area contributed by atoms with Gasteiger partial charge in [-0.25, -0.2) is 10.1 Å². The molecule has 0 aliphatic carbocycles. The Labute approximate surface area is 93.7 Å². The first-order valence-corrected chi connectivity index (χ1v) is 5.04. The van der Waals surface area contributed by atoms with Crippen molar-refractivity contribution in [2.45, 2.75) is 18.9 Å². The van der Waals surface area contributed by atoms with E-state index >= 15 is 0 Å². The summed E-state index contributed by atoms with van der Waals surface area (Å²) in [4.78, 5) is 14.2. The van der Waals surface area contributed by atoms with Crippen molar-refractivity contribution in [1.29, 1.82) is 0 Å². The molecule has 88 valence electrons. The second-order valence-electron chi connectivity index (χ2n) is 3.56. The van der Waals surface area contributed by atoms with Crippen LogP contribution < -0.4 is 0 Å². The maximum Gasteiger partial charge on any atom is 0.159 e. The highest BCUT2D eigenvalue weighted by Gasteiger charge is 2.10. The molecule has 1 aromatic rings. The first-order valence-electron chi connectivity index (χ1n) is 5.04. The zero-order valence-electron chi connectivity index (χ0n) is 9.11. The minimum Gasteiger partial charge on any atom is -0.388 e. The van der Waals surface area contributed by atoms with Crippen LogP contribution in [0.4, 0.5) is 0 Å². The van der Waals surface area contributed by atoms with Crippen molar-refractivity contribution >= 4 is 0 Å². The van der Waals surface area contributed by atoms with Crippen LogP contribution in [0.5, 0.6) is 0 Å². The monoisotopic (exact) mass is 225 g/mol. The highest BCUT2D eigenvalue weighted by molar-refractivity contribution is 5.11. The molecule has 0 spiro atoms. The minimum atomic E-state index is -0.603. The number of rotatable bonds is 6. The van der Waals surface area contributed by atoms with Crippen molar-refractivity contribution in [2.75, 3.05) is 13.6 Å². The highest BCUT2D eigenvalue weighted by atomic mass is 16.7. The Hall–Kier alpha value is -1.69. The molecule has 1 N–H and O–H groups in total. The van der Waals surface area contributed by atoms with E-state index in [1.54, 1.807) is 24.5 Å². The predicted molar refractivity (Wildman–Crippen MR) is 58.1 cm³/mol. The summed E-state index contributed by atoms with van der Waals surface area (Å²) >= 11 is 0. The molecule has 0 aromatic carbocycles. The van der Waals surface area contributed by atoms with E-state index in [2.05, 4.69) is 4.98 Å². The summed E-state index contributed by atoms with van der Waals surface area (Å²) in [5.41, 5.74) is 0.742. The lowest BCUT2D eigenvalue weighted by molar-refractivity contribution is -0.648. The number of hydrogen-bond donors (Lipinski definition) is 1. The van der Waals surface area contributed by atoms with Crippen molar-refractivity contribution in [3.8, 4) is 0 Å². The zero-order chi connectivity index (χ0) is 12.0. The average Bonchev–Trinajstić information content (AvgIpc) is 2.29. The van der Waals surface area contributed by atoms with Gasteiger partial charge in [0.1, 0.15) is 0 Å². The van der Waals surface area contributed by atoms with Crippen LogP contribution >= 0.6 is 0 Å². The fourth-order valence-corrected chi connectivity index (χ4v) is 1.33. The van der Waals surface area contributed by atoms with Crippen molar-refractivity contribution in [1.82, 2.24) is 9.99 Å². The Morgan fingerprint density at radius 1 is 1.69 bits per heavy atom. The number of hydrogen-bond acceptors (Lipinski definition) is 4. The Kier molecular flexibility index (Phi) is 4.65. The lowest BCUT2D eigenvalue weighted by atomic mass is 10.1. The molecule has 1 unspecified atom stereocenters. The fourth-order valence-electron chi connectivity index (χ4n) is 1.33. The van der Waals surface area contributed by atoms with E-state index in [0.29, 0.717) is 19.4 Å². The van der Waals surface area contributed by atoms with Gasteiger partial charge in [0.15, 0.2) is 5.03 Å². The van der Waals surface area contributed by atoms with Gasteiger partial charge in [0.05, 0.1) is 19.7 Å². The second kappa shape index (κ2) is 6.02. The molecule has 6 nitrogen and oxygen atoms in total. The van der Waals surface area contributed by atoms with E-state index < -0.39 is 11.1 Å². The van der Waals surface area contributed by atoms with Crippen LogP contribution in [0, 0.1) is 10.1 Å². The lowest BCUT2D eigenvalue weighted by Gasteiger charge is -2.11. The van der Waals surface area contributed by atoms with E-state index in [0.717, 1.165) is 10.6 Å². The first kappa shape index (κ1) is 12.4. The van der Waals surface area contributed by atoms with Crippen molar-refractivity contribution in [3.05, 3.63) is 40.2 Å². The van der Waals surface area contributed by atoms with E-state index in [4.69, 9.17) is 0 Å². The maximum atomic E-state index is 10.3. The molecule has 0 amide bonds. The molecule has 1 atom stereocenters. The van der Waals surface area contributed by atoms with Crippen LogP contribution in [-0.4, -0.2) is 33.7 Å². The summed E-state index contributed by atoms with van der Waals surface area (Å²) in [5.74, 6) is 0. The van der Waals surface area contributed by atoms with Crippen LogP contribution in [-0.2, 0) is 0 Å². The van der Waals surface area contributed by atoms with Crippen LogP contribution in [0.3, 0.4) is 0 Å². The van der Waals surface area contributed by atoms with E-state index in [1.165, 1.54) is 7.05 Å². The molecule has 0 bridgehead atoms. The zero-order valence-corrected chi connectivity index (χ0v) is 9.11. The number of hydrazine groups is 1. The second-order valence-corrected chi connectivity index (χ2v) is 3.56. The molecular weight excluding hydrogens is 210 g/mol.